The third kappa shape index (κ3) is 4.70. The molecular formula is C26H26FN5O3. The molecule has 0 spiro atoms. The van der Waals surface area contributed by atoms with Crippen LogP contribution in [-0.2, 0) is 17.9 Å². The molecule has 0 aliphatic carbocycles. The van der Waals surface area contributed by atoms with Gasteiger partial charge in [-0.3, -0.25) is 18.8 Å². The molecule has 2 amide bonds. The molecule has 0 bridgehead atoms. The van der Waals surface area contributed by atoms with Crippen LogP contribution in [0.1, 0.15) is 38.3 Å². The Hall–Kier alpha value is -4.27. The number of carbonyl (C=O) groups excluding carboxylic acids is 2. The Labute approximate surface area is 201 Å². The molecule has 0 fully saturated rings. The average molecular weight is 476 g/mol. The Morgan fingerprint density at radius 2 is 1.71 bits per heavy atom. The second-order valence-corrected chi connectivity index (χ2v) is 8.50. The maximum atomic E-state index is 13.2. The lowest BCUT2D eigenvalue weighted by Crippen LogP contribution is -2.31. The number of fused-ring (bicyclic) bond motifs is 1. The number of anilines is 1. The molecule has 0 radical (unpaired) electrons. The molecule has 9 heteroatoms. The van der Waals surface area contributed by atoms with Gasteiger partial charge in [0, 0.05) is 17.9 Å². The predicted octanol–water partition coefficient (Wildman–Crippen LogP) is 3.44. The maximum absolute atomic E-state index is 13.2. The highest BCUT2D eigenvalue weighted by molar-refractivity contribution is 5.99. The van der Waals surface area contributed by atoms with Gasteiger partial charge in [-0.05, 0) is 68.1 Å². The summed E-state index contributed by atoms with van der Waals surface area (Å²) in [4.78, 5) is 38.8. The summed E-state index contributed by atoms with van der Waals surface area (Å²) >= 11 is 0. The molecule has 2 aromatic carbocycles. The number of amides is 2. The summed E-state index contributed by atoms with van der Waals surface area (Å²) in [5, 5.41) is 9.78. The zero-order chi connectivity index (χ0) is 25.3. The molecule has 0 saturated heterocycles. The van der Waals surface area contributed by atoms with Crippen LogP contribution in [0.4, 0.5) is 10.1 Å². The first-order chi connectivity index (χ1) is 16.7. The largest absolute Gasteiger partial charge is 0.348 e. The van der Waals surface area contributed by atoms with Crippen LogP contribution in [-0.4, -0.2) is 26.0 Å². The number of aromatic nitrogens is 3. The molecule has 8 nitrogen and oxygen atoms in total. The van der Waals surface area contributed by atoms with Crippen molar-refractivity contribution in [3.8, 4) is 0 Å². The van der Waals surface area contributed by atoms with Gasteiger partial charge in [-0.1, -0.05) is 24.3 Å². The number of nitrogens with one attached hydrogen (secondary N) is 2. The van der Waals surface area contributed by atoms with Crippen molar-refractivity contribution in [1.82, 2.24) is 19.5 Å². The van der Waals surface area contributed by atoms with Gasteiger partial charge in [-0.2, -0.15) is 5.10 Å². The standard InChI is InChI=1S/C26H26FN5O3/c1-15-6-5-7-21(16(15)2)30-22(33)13-32-26(35)24-17(3)23(18(4)31(24)14-29-32)25(34)28-12-19-8-10-20(27)11-9-19/h5-11,14H,12-13H2,1-4H3,(H,28,34)(H,30,33). The van der Waals surface area contributed by atoms with Gasteiger partial charge in [0.05, 0.1) is 5.56 Å². The van der Waals surface area contributed by atoms with Crippen LogP contribution >= 0.6 is 0 Å². The molecule has 0 aliphatic heterocycles. The smallest absolute Gasteiger partial charge is 0.291 e. The van der Waals surface area contributed by atoms with E-state index in [1.165, 1.54) is 18.5 Å². The Morgan fingerprint density at radius 3 is 2.43 bits per heavy atom. The highest BCUT2D eigenvalue weighted by atomic mass is 19.1. The average Bonchev–Trinajstić information content (AvgIpc) is 3.08. The lowest BCUT2D eigenvalue weighted by atomic mass is 10.1. The topological polar surface area (TPSA) is 97.5 Å². The van der Waals surface area contributed by atoms with E-state index in [1.807, 2.05) is 26.0 Å². The summed E-state index contributed by atoms with van der Waals surface area (Å²) in [5.41, 5.74) is 4.65. The molecule has 0 aliphatic rings. The molecule has 0 atom stereocenters. The minimum atomic E-state index is -0.471. The second-order valence-electron chi connectivity index (χ2n) is 8.50. The number of nitrogens with zero attached hydrogens (tertiary/aromatic N) is 3. The Bertz CT molecular complexity index is 1500. The van der Waals surface area contributed by atoms with Gasteiger partial charge in [0.25, 0.3) is 11.5 Å². The third-order valence-electron chi connectivity index (χ3n) is 6.20. The van der Waals surface area contributed by atoms with Gasteiger partial charge in [-0.15, -0.1) is 0 Å². The summed E-state index contributed by atoms with van der Waals surface area (Å²) in [6, 6.07) is 11.5. The summed E-state index contributed by atoms with van der Waals surface area (Å²) in [7, 11) is 0. The van der Waals surface area contributed by atoms with E-state index >= 15 is 0 Å². The van der Waals surface area contributed by atoms with Gasteiger partial charge in [0.2, 0.25) is 5.91 Å². The Kier molecular flexibility index (Phi) is 6.50. The summed E-state index contributed by atoms with van der Waals surface area (Å²) < 4.78 is 15.8. The van der Waals surface area contributed by atoms with E-state index < -0.39 is 5.56 Å². The minimum absolute atomic E-state index is 0.214. The fourth-order valence-corrected chi connectivity index (χ4v) is 4.09. The normalized spacial score (nSPS) is 11.0. The summed E-state index contributed by atoms with van der Waals surface area (Å²) in [6.07, 6.45) is 1.43. The number of halogens is 1. The van der Waals surface area contributed by atoms with Crippen LogP contribution in [0.2, 0.25) is 0 Å². The van der Waals surface area contributed by atoms with E-state index in [-0.39, 0.29) is 36.2 Å². The van der Waals surface area contributed by atoms with E-state index in [2.05, 4.69) is 15.7 Å². The van der Waals surface area contributed by atoms with E-state index in [0.717, 1.165) is 21.4 Å². The highest BCUT2D eigenvalue weighted by Gasteiger charge is 2.22. The Balaban J connectivity index is 1.57. The van der Waals surface area contributed by atoms with E-state index in [0.29, 0.717) is 22.5 Å². The van der Waals surface area contributed by atoms with Crippen molar-refractivity contribution in [2.45, 2.75) is 40.8 Å². The number of benzene rings is 2. The first kappa shape index (κ1) is 23.9. The van der Waals surface area contributed by atoms with Gasteiger partial charge >= 0.3 is 0 Å². The fraction of sp³-hybridized carbons (Fsp3) is 0.231. The van der Waals surface area contributed by atoms with Gasteiger partial charge in [0.15, 0.2) is 0 Å². The van der Waals surface area contributed by atoms with Gasteiger partial charge < -0.3 is 10.6 Å². The molecule has 0 saturated carbocycles. The first-order valence-electron chi connectivity index (χ1n) is 11.1. The first-order valence-corrected chi connectivity index (χ1v) is 11.1. The molecular weight excluding hydrogens is 449 g/mol. The number of hydrogen-bond acceptors (Lipinski definition) is 4. The fourth-order valence-electron chi connectivity index (χ4n) is 4.09. The van der Waals surface area contributed by atoms with Gasteiger partial charge in [0.1, 0.15) is 24.2 Å². The van der Waals surface area contributed by atoms with Crippen LogP contribution < -0.4 is 16.2 Å². The zero-order valence-electron chi connectivity index (χ0n) is 20.0. The minimum Gasteiger partial charge on any atom is -0.348 e. The van der Waals surface area contributed by atoms with Crippen LogP contribution in [0.15, 0.2) is 53.6 Å². The molecule has 4 aromatic rings. The number of carbonyl (C=O) groups is 2. The molecule has 2 aromatic heterocycles. The number of rotatable bonds is 6. The Morgan fingerprint density at radius 1 is 1.00 bits per heavy atom. The lowest BCUT2D eigenvalue weighted by Gasteiger charge is -2.11. The lowest BCUT2D eigenvalue weighted by molar-refractivity contribution is -0.117. The van der Waals surface area contributed by atoms with Crippen LogP contribution in [0.3, 0.4) is 0 Å². The predicted molar refractivity (Wildman–Crippen MR) is 131 cm³/mol. The third-order valence-corrected chi connectivity index (χ3v) is 6.20. The van der Waals surface area contributed by atoms with Crippen molar-refractivity contribution in [2.24, 2.45) is 0 Å². The molecule has 180 valence electrons. The van der Waals surface area contributed by atoms with Crippen LogP contribution in [0.5, 0.6) is 0 Å². The molecule has 0 unspecified atom stereocenters. The zero-order valence-corrected chi connectivity index (χ0v) is 20.0. The maximum Gasteiger partial charge on any atom is 0.291 e. The van der Waals surface area contributed by atoms with Gasteiger partial charge in [-0.25, -0.2) is 9.07 Å². The SMILES string of the molecule is Cc1cccc(NC(=O)Cn2ncn3c(C)c(C(=O)NCc4ccc(F)cc4)c(C)c3c2=O)c1C. The number of hydrogen-bond donors (Lipinski definition) is 2. The van der Waals surface area contributed by atoms with Crippen molar-refractivity contribution < 1.29 is 14.0 Å². The van der Waals surface area contributed by atoms with Crippen molar-refractivity contribution in [2.75, 3.05) is 5.32 Å². The van der Waals surface area contributed by atoms with E-state index in [1.54, 1.807) is 36.4 Å². The van der Waals surface area contributed by atoms with E-state index in [4.69, 9.17) is 0 Å². The monoisotopic (exact) mass is 475 g/mol. The quantitative estimate of drug-likeness (QED) is 0.446. The molecule has 2 N–H and O–H groups in total. The van der Waals surface area contributed by atoms with Crippen molar-refractivity contribution in [3.63, 3.8) is 0 Å². The van der Waals surface area contributed by atoms with Crippen molar-refractivity contribution >= 4 is 23.0 Å². The van der Waals surface area contributed by atoms with Crippen molar-refractivity contribution in [3.05, 3.63) is 98.5 Å². The van der Waals surface area contributed by atoms with E-state index in [9.17, 15) is 18.8 Å². The summed E-state index contributed by atoms with van der Waals surface area (Å²) in [5.74, 6) is -1.08. The van der Waals surface area contributed by atoms with Crippen molar-refractivity contribution in [1.29, 1.82) is 0 Å². The molecule has 35 heavy (non-hydrogen) atoms. The second kappa shape index (κ2) is 9.54. The van der Waals surface area contributed by atoms with Crippen LogP contribution in [0.25, 0.3) is 5.52 Å². The molecule has 4 rings (SSSR count). The van der Waals surface area contributed by atoms with Crippen LogP contribution in [0, 0.1) is 33.5 Å². The highest BCUT2D eigenvalue weighted by Crippen LogP contribution is 2.20. The molecule has 2 heterocycles. The number of aryl methyl sites for hydroxylation is 3. The summed E-state index contributed by atoms with van der Waals surface area (Å²) in [6.45, 7) is 7.24.